The second-order valence-electron chi connectivity index (χ2n) is 4.73. The van der Waals surface area contributed by atoms with E-state index in [0.29, 0.717) is 16.8 Å². The fourth-order valence-corrected chi connectivity index (χ4v) is 7.19. The molecule has 1 aromatic heterocycles. The van der Waals surface area contributed by atoms with Crippen LogP contribution in [0.2, 0.25) is 0 Å². The van der Waals surface area contributed by atoms with Gasteiger partial charge in [-0.25, -0.2) is 13.1 Å². The average molecular weight is 433 g/mol. The zero-order valence-corrected chi connectivity index (χ0v) is 14.9. The van der Waals surface area contributed by atoms with Gasteiger partial charge in [-0.3, -0.25) is 0 Å². The number of rotatable bonds is 4. The van der Waals surface area contributed by atoms with E-state index in [0.717, 1.165) is 23.0 Å². The van der Waals surface area contributed by atoms with Gasteiger partial charge >= 0.3 is 0 Å². The molecule has 2 atom stereocenters. The van der Waals surface area contributed by atoms with E-state index in [1.165, 1.54) is 11.3 Å². The first-order valence-electron chi connectivity index (χ1n) is 6.01. The molecule has 0 aliphatic heterocycles. The first-order valence-corrected chi connectivity index (χ1v) is 9.89. The second kappa shape index (κ2) is 6.53. The molecule has 1 aromatic rings. The summed E-state index contributed by atoms with van der Waals surface area (Å²) >= 11 is 7.86. The minimum absolute atomic E-state index is 0.222. The smallest absolute Gasteiger partial charge is 0.242 e. The minimum Gasteiger partial charge on any atom is -0.393 e. The molecular formula is C11H15Br2NO3S2. The minimum atomic E-state index is -3.49. The van der Waals surface area contributed by atoms with Crippen LogP contribution in [0.5, 0.6) is 0 Å². The lowest BCUT2D eigenvalue weighted by Gasteiger charge is -2.25. The molecular weight excluding hydrogens is 418 g/mol. The highest BCUT2D eigenvalue weighted by molar-refractivity contribution is 9.12. The van der Waals surface area contributed by atoms with E-state index < -0.39 is 10.0 Å². The molecule has 8 heteroatoms. The fourth-order valence-electron chi connectivity index (χ4n) is 2.26. The van der Waals surface area contributed by atoms with Gasteiger partial charge in [0.25, 0.3) is 0 Å². The molecule has 1 heterocycles. The van der Waals surface area contributed by atoms with E-state index in [-0.39, 0.29) is 16.9 Å². The topological polar surface area (TPSA) is 66.4 Å². The van der Waals surface area contributed by atoms with Crippen LogP contribution in [0.4, 0.5) is 0 Å². The van der Waals surface area contributed by atoms with Gasteiger partial charge < -0.3 is 5.11 Å². The molecule has 0 aromatic carbocycles. The standard InChI is InChI=1S/C11H15Br2NO3S2/c12-10-5-9(11(13)18-10)19(16,17)14-6-7-2-1-3-8(15)4-7/h5,7-8,14-15H,1-4,6H2. The van der Waals surface area contributed by atoms with Crippen molar-refractivity contribution in [1.82, 2.24) is 4.72 Å². The Labute approximate surface area is 133 Å². The molecule has 1 aliphatic rings. The van der Waals surface area contributed by atoms with Crippen LogP contribution in [0.15, 0.2) is 18.5 Å². The molecule has 1 aliphatic carbocycles. The van der Waals surface area contributed by atoms with Crippen molar-refractivity contribution in [2.45, 2.75) is 36.7 Å². The van der Waals surface area contributed by atoms with Crippen molar-refractivity contribution < 1.29 is 13.5 Å². The van der Waals surface area contributed by atoms with Crippen LogP contribution in [0.1, 0.15) is 25.7 Å². The first-order chi connectivity index (χ1) is 8.88. The SMILES string of the molecule is O=S(=O)(NCC1CCCC(O)C1)c1cc(Br)sc1Br. The lowest BCUT2D eigenvalue weighted by Crippen LogP contribution is -2.33. The van der Waals surface area contributed by atoms with Crippen LogP contribution >= 0.6 is 43.2 Å². The Morgan fingerprint density at radius 2 is 2.16 bits per heavy atom. The number of aliphatic hydroxyl groups is 1. The Balaban J connectivity index is 2.00. The van der Waals surface area contributed by atoms with Crippen molar-refractivity contribution in [3.8, 4) is 0 Å². The molecule has 2 N–H and O–H groups in total. The van der Waals surface area contributed by atoms with Gasteiger partial charge in [-0.1, -0.05) is 6.42 Å². The molecule has 0 spiro atoms. The van der Waals surface area contributed by atoms with Crippen molar-refractivity contribution in [2.75, 3.05) is 6.54 Å². The summed E-state index contributed by atoms with van der Waals surface area (Å²) in [6, 6.07) is 1.59. The third-order valence-electron chi connectivity index (χ3n) is 3.23. The summed E-state index contributed by atoms with van der Waals surface area (Å²) in [5, 5.41) is 9.58. The van der Waals surface area contributed by atoms with Gasteiger partial charge in [0.15, 0.2) is 0 Å². The molecule has 2 rings (SSSR count). The number of nitrogens with one attached hydrogen (secondary N) is 1. The fraction of sp³-hybridized carbons (Fsp3) is 0.636. The summed E-state index contributed by atoms with van der Waals surface area (Å²) in [7, 11) is -3.49. The number of sulfonamides is 1. The van der Waals surface area contributed by atoms with E-state index in [2.05, 4.69) is 36.6 Å². The highest BCUT2D eigenvalue weighted by Crippen LogP contribution is 2.34. The van der Waals surface area contributed by atoms with Gasteiger partial charge in [0.2, 0.25) is 10.0 Å². The Kier molecular flexibility index (Phi) is 5.47. The molecule has 1 fully saturated rings. The molecule has 108 valence electrons. The number of aliphatic hydroxyl groups excluding tert-OH is 1. The maximum Gasteiger partial charge on any atom is 0.242 e. The summed E-state index contributed by atoms with van der Waals surface area (Å²) in [4.78, 5) is 0.265. The van der Waals surface area contributed by atoms with Crippen molar-refractivity contribution in [1.29, 1.82) is 0 Å². The zero-order valence-electron chi connectivity index (χ0n) is 10.1. The molecule has 0 amide bonds. The Bertz CT molecular complexity index is 544. The van der Waals surface area contributed by atoms with Crippen LogP contribution in [0.25, 0.3) is 0 Å². The number of hydrogen-bond donors (Lipinski definition) is 2. The van der Waals surface area contributed by atoms with E-state index in [4.69, 9.17) is 0 Å². The summed E-state index contributed by atoms with van der Waals surface area (Å²) < 4.78 is 28.3. The quantitative estimate of drug-likeness (QED) is 0.767. The Morgan fingerprint density at radius 1 is 1.42 bits per heavy atom. The molecule has 0 radical (unpaired) electrons. The van der Waals surface area contributed by atoms with Crippen molar-refractivity contribution in [2.24, 2.45) is 5.92 Å². The maximum absolute atomic E-state index is 12.2. The predicted molar refractivity (Wildman–Crippen MR) is 82.9 cm³/mol. The zero-order chi connectivity index (χ0) is 14.0. The van der Waals surface area contributed by atoms with Gasteiger partial charge in [-0.2, -0.15) is 0 Å². The largest absolute Gasteiger partial charge is 0.393 e. The van der Waals surface area contributed by atoms with Gasteiger partial charge in [0.05, 0.1) is 13.7 Å². The monoisotopic (exact) mass is 431 g/mol. The van der Waals surface area contributed by atoms with E-state index in [1.54, 1.807) is 6.07 Å². The van der Waals surface area contributed by atoms with Gasteiger partial charge in [0.1, 0.15) is 4.90 Å². The average Bonchev–Trinajstić information content (AvgIpc) is 2.67. The van der Waals surface area contributed by atoms with Gasteiger partial charge in [0, 0.05) is 6.54 Å². The maximum atomic E-state index is 12.2. The number of halogens is 2. The molecule has 4 nitrogen and oxygen atoms in total. The lowest BCUT2D eigenvalue weighted by atomic mass is 9.87. The van der Waals surface area contributed by atoms with Crippen molar-refractivity contribution >= 4 is 53.2 Å². The predicted octanol–water partition coefficient (Wildman–Crippen LogP) is 3.10. The molecule has 1 saturated carbocycles. The second-order valence-corrected chi connectivity index (χ2v) is 10.2. The number of hydrogen-bond acceptors (Lipinski definition) is 4. The van der Waals surface area contributed by atoms with E-state index in [1.807, 2.05) is 0 Å². The van der Waals surface area contributed by atoms with Crippen LogP contribution < -0.4 is 4.72 Å². The molecule has 0 saturated heterocycles. The van der Waals surface area contributed by atoms with Gasteiger partial charge in [-0.15, -0.1) is 11.3 Å². The summed E-state index contributed by atoms with van der Waals surface area (Å²) in [5.41, 5.74) is 0. The summed E-state index contributed by atoms with van der Waals surface area (Å²) in [6.07, 6.45) is 3.14. The van der Waals surface area contributed by atoms with E-state index in [9.17, 15) is 13.5 Å². The highest BCUT2D eigenvalue weighted by atomic mass is 79.9. The third kappa shape index (κ3) is 4.25. The first kappa shape index (κ1) is 15.9. The normalized spacial score (nSPS) is 24.6. The summed E-state index contributed by atoms with van der Waals surface area (Å²) in [5.74, 6) is 0.222. The van der Waals surface area contributed by atoms with Crippen molar-refractivity contribution in [3.63, 3.8) is 0 Å². The molecule has 2 unspecified atom stereocenters. The molecule has 19 heavy (non-hydrogen) atoms. The Hall–Kier alpha value is 0.530. The van der Waals surface area contributed by atoms with E-state index >= 15 is 0 Å². The van der Waals surface area contributed by atoms with Crippen LogP contribution in [0.3, 0.4) is 0 Å². The third-order valence-corrected chi connectivity index (χ3v) is 7.41. The summed E-state index contributed by atoms with van der Waals surface area (Å²) in [6.45, 7) is 0.388. The van der Waals surface area contributed by atoms with Crippen molar-refractivity contribution in [3.05, 3.63) is 13.6 Å². The lowest BCUT2D eigenvalue weighted by molar-refractivity contribution is 0.102. The van der Waals surface area contributed by atoms with Crippen LogP contribution in [-0.2, 0) is 10.0 Å². The Morgan fingerprint density at radius 3 is 2.74 bits per heavy atom. The highest BCUT2D eigenvalue weighted by Gasteiger charge is 2.24. The van der Waals surface area contributed by atoms with Gasteiger partial charge in [-0.05, 0) is 63.1 Å². The molecule has 0 bridgehead atoms. The van der Waals surface area contributed by atoms with Crippen LogP contribution in [-0.4, -0.2) is 26.2 Å². The number of thiophene rings is 1. The van der Waals surface area contributed by atoms with Crippen LogP contribution in [0, 0.1) is 5.92 Å².